The van der Waals surface area contributed by atoms with Crippen molar-refractivity contribution in [1.82, 2.24) is 0 Å². The Balaban J connectivity index is 2.48. The summed E-state index contributed by atoms with van der Waals surface area (Å²) in [6.07, 6.45) is 6.34. The summed E-state index contributed by atoms with van der Waals surface area (Å²) in [5, 5.41) is 0.648. The Kier molecular flexibility index (Phi) is 7.25. The van der Waals surface area contributed by atoms with Gasteiger partial charge in [0.1, 0.15) is 5.75 Å². The van der Waals surface area contributed by atoms with E-state index in [9.17, 15) is 0 Å². The van der Waals surface area contributed by atoms with Crippen LogP contribution in [0.25, 0.3) is 0 Å². The summed E-state index contributed by atoms with van der Waals surface area (Å²) in [5.41, 5.74) is 6.86. The van der Waals surface area contributed by atoms with Gasteiger partial charge in [0.2, 0.25) is 0 Å². The van der Waals surface area contributed by atoms with Crippen LogP contribution in [-0.4, -0.2) is 6.10 Å². The van der Waals surface area contributed by atoms with Gasteiger partial charge in [0, 0.05) is 6.04 Å². The first-order valence-corrected chi connectivity index (χ1v) is 7.64. The average Bonchev–Trinajstić information content (AvgIpc) is 2.37. The van der Waals surface area contributed by atoms with Crippen molar-refractivity contribution >= 4 is 11.6 Å². The number of benzene rings is 1. The maximum absolute atomic E-state index is 6.22. The molecule has 0 aromatic heterocycles. The standard InChI is InChI=1S/C16H26ClNO/c1-4-5-6-7-8-12(2)19-16-10-9-14(13(3)18)11-15(16)17/h9-13H,4-8,18H2,1-3H3. The van der Waals surface area contributed by atoms with Crippen LogP contribution in [0.1, 0.15) is 64.5 Å². The number of hydrogen-bond acceptors (Lipinski definition) is 2. The zero-order chi connectivity index (χ0) is 14.3. The van der Waals surface area contributed by atoms with Crippen molar-refractivity contribution in [2.75, 3.05) is 0 Å². The van der Waals surface area contributed by atoms with Gasteiger partial charge in [-0.3, -0.25) is 0 Å². The van der Waals surface area contributed by atoms with Gasteiger partial charge < -0.3 is 10.5 Å². The molecule has 0 aliphatic rings. The smallest absolute Gasteiger partial charge is 0.138 e. The van der Waals surface area contributed by atoms with Gasteiger partial charge in [0.25, 0.3) is 0 Å². The molecule has 0 amide bonds. The molecular formula is C16H26ClNO. The lowest BCUT2D eigenvalue weighted by atomic mass is 10.1. The van der Waals surface area contributed by atoms with E-state index in [2.05, 4.69) is 13.8 Å². The van der Waals surface area contributed by atoms with Gasteiger partial charge in [-0.05, 0) is 44.4 Å². The molecule has 2 nitrogen and oxygen atoms in total. The highest BCUT2D eigenvalue weighted by Crippen LogP contribution is 2.28. The number of ether oxygens (including phenoxy) is 1. The van der Waals surface area contributed by atoms with Crippen molar-refractivity contribution in [2.24, 2.45) is 5.73 Å². The zero-order valence-corrected chi connectivity index (χ0v) is 13.0. The fraction of sp³-hybridized carbons (Fsp3) is 0.625. The van der Waals surface area contributed by atoms with Crippen LogP contribution in [0.15, 0.2) is 18.2 Å². The monoisotopic (exact) mass is 283 g/mol. The molecule has 0 fully saturated rings. The number of nitrogens with two attached hydrogens (primary N) is 1. The Morgan fingerprint density at radius 3 is 2.53 bits per heavy atom. The summed E-state index contributed by atoms with van der Waals surface area (Å²) < 4.78 is 5.89. The predicted molar refractivity (Wildman–Crippen MR) is 82.9 cm³/mol. The molecule has 1 aromatic rings. The third kappa shape index (κ3) is 5.84. The van der Waals surface area contributed by atoms with Crippen molar-refractivity contribution in [3.63, 3.8) is 0 Å². The van der Waals surface area contributed by atoms with Crippen molar-refractivity contribution in [3.05, 3.63) is 28.8 Å². The van der Waals surface area contributed by atoms with Gasteiger partial charge >= 0.3 is 0 Å². The second kappa shape index (κ2) is 8.44. The van der Waals surface area contributed by atoms with Crippen LogP contribution in [-0.2, 0) is 0 Å². The molecule has 0 aliphatic carbocycles. The first-order chi connectivity index (χ1) is 9.04. The minimum atomic E-state index is -0.00184. The highest BCUT2D eigenvalue weighted by molar-refractivity contribution is 6.32. The number of halogens is 1. The topological polar surface area (TPSA) is 35.2 Å². The Morgan fingerprint density at radius 2 is 1.95 bits per heavy atom. The maximum atomic E-state index is 6.22. The fourth-order valence-corrected chi connectivity index (χ4v) is 2.26. The molecule has 2 unspecified atom stereocenters. The van der Waals surface area contributed by atoms with Crippen LogP contribution in [0, 0.1) is 0 Å². The average molecular weight is 284 g/mol. The van der Waals surface area contributed by atoms with Crippen LogP contribution >= 0.6 is 11.6 Å². The molecular weight excluding hydrogens is 258 g/mol. The normalized spacial score (nSPS) is 14.2. The minimum absolute atomic E-state index is 0.00184. The Hall–Kier alpha value is -0.730. The molecule has 0 bridgehead atoms. The van der Waals surface area contributed by atoms with Crippen molar-refractivity contribution in [3.8, 4) is 5.75 Å². The van der Waals surface area contributed by atoms with Gasteiger partial charge in [-0.1, -0.05) is 43.9 Å². The van der Waals surface area contributed by atoms with Crippen LogP contribution in [0.2, 0.25) is 5.02 Å². The number of unbranched alkanes of at least 4 members (excludes halogenated alkanes) is 3. The lowest BCUT2D eigenvalue weighted by Gasteiger charge is -2.16. The molecule has 3 heteroatoms. The molecule has 0 aliphatic heterocycles. The van der Waals surface area contributed by atoms with E-state index in [0.717, 1.165) is 17.7 Å². The van der Waals surface area contributed by atoms with E-state index in [1.165, 1.54) is 25.7 Å². The van der Waals surface area contributed by atoms with Crippen molar-refractivity contribution in [2.45, 2.75) is 65.0 Å². The molecule has 0 saturated carbocycles. The molecule has 0 heterocycles. The Labute approximate surface area is 122 Å². The highest BCUT2D eigenvalue weighted by Gasteiger charge is 2.09. The fourth-order valence-electron chi connectivity index (χ4n) is 2.03. The molecule has 2 atom stereocenters. The minimum Gasteiger partial charge on any atom is -0.489 e. The lowest BCUT2D eigenvalue weighted by molar-refractivity contribution is 0.206. The molecule has 1 rings (SSSR count). The number of rotatable bonds is 8. The molecule has 2 N–H and O–H groups in total. The van der Waals surface area contributed by atoms with Crippen molar-refractivity contribution in [1.29, 1.82) is 0 Å². The van der Waals surface area contributed by atoms with Gasteiger partial charge in [0.15, 0.2) is 0 Å². The summed E-state index contributed by atoms with van der Waals surface area (Å²) in [4.78, 5) is 0. The van der Waals surface area contributed by atoms with E-state index < -0.39 is 0 Å². The van der Waals surface area contributed by atoms with E-state index in [-0.39, 0.29) is 12.1 Å². The second-order valence-corrected chi connectivity index (χ2v) is 5.66. The van der Waals surface area contributed by atoms with E-state index in [4.69, 9.17) is 22.1 Å². The van der Waals surface area contributed by atoms with Gasteiger partial charge in [0.05, 0.1) is 11.1 Å². The SMILES string of the molecule is CCCCCCC(C)Oc1ccc(C(C)N)cc1Cl. The molecule has 1 aromatic carbocycles. The third-order valence-corrected chi connectivity index (χ3v) is 3.57. The third-order valence-electron chi connectivity index (χ3n) is 3.27. The first kappa shape index (κ1) is 16.3. The van der Waals surface area contributed by atoms with Crippen LogP contribution in [0.3, 0.4) is 0 Å². The Morgan fingerprint density at radius 1 is 1.21 bits per heavy atom. The van der Waals surface area contributed by atoms with E-state index in [1.54, 1.807) is 0 Å². The first-order valence-electron chi connectivity index (χ1n) is 7.26. The largest absolute Gasteiger partial charge is 0.489 e. The van der Waals surface area contributed by atoms with E-state index in [0.29, 0.717) is 5.02 Å². The van der Waals surface area contributed by atoms with Gasteiger partial charge in [-0.15, -0.1) is 0 Å². The predicted octanol–water partition coefficient (Wildman–Crippen LogP) is 5.10. The molecule has 0 saturated heterocycles. The van der Waals surface area contributed by atoms with E-state index >= 15 is 0 Å². The summed E-state index contributed by atoms with van der Waals surface area (Å²) in [5.74, 6) is 0.758. The maximum Gasteiger partial charge on any atom is 0.138 e. The Bertz CT molecular complexity index is 379. The summed E-state index contributed by atoms with van der Waals surface area (Å²) >= 11 is 6.22. The lowest BCUT2D eigenvalue weighted by Crippen LogP contribution is -2.12. The molecule has 108 valence electrons. The van der Waals surface area contributed by atoms with Gasteiger partial charge in [-0.2, -0.15) is 0 Å². The highest BCUT2D eigenvalue weighted by atomic mass is 35.5. The van der Waals surface area contributed by atoms with Crippen LogP contribution in [0.5, 0.6) is 5.75 Å². The summed E-state index contributed by atoms with van der Waals surface area (Å²) in [6.45, 7) is 6.27. The molecule has 0 spiro atoms. The molecule has 19 heavy (non-hydrogen) atoms. The number of hydrogen-bond donors (Lipinski definition) is 1. The summed E-state index contributed by atoms with van der Waals surface area (Å²) in [6, 6.07) is 5.79. The van der Waals surface area contributed by atoms with Crippen molar-refractivity contribution < 1.29 is 4.74 Å². The molecule has 0 radical (unpaired) electrons. The van der Waals surface area contributed by atoms with E-state index in [1.807, 2.05) is 25.1 Å². The summed E-state index contributed by atoms with van der Waals surface area (Å²) in [7, 11) is 0. The second-order valence-electron chi connectivity index (χ2n) is 5.26. The van der Waals surface area contributed by atoms with Crippen LogP contribution in [0.4, 0.5) is 0 Å². The zero-order valence-electron chi connectivity index (χ0n) is 12.3. The van der Waals surface area contributed by atoms with Gasteiger partial charge in [-0.25, -0.2) is 0 Å². The quantitative estimate of drug-likeness (QED) is 0.674. The van der Waals surface area contributed by atoms with Crippen LogP contribution < -0.4 is 10.5 Å².